The molecule has 1 aliphatic rings. The number of hydrogen-bond acceptors (Lipinski definition) is 3. The number of aromatic amines is 1. The van der Waals surface area contributed by atoms with Crippen molar-refractivity contribution in [1.82, 2.24) is 10.3 Å². The molecule has 1 unspecified atom stereocenters. The van der Waals surface area contributed by atoms with E-state index in [1.54, 1.807) is 6.07 Å². The van der Waals surface area contributed by atoms with Gasteiger partial charge >= 0.3 is 0 Å². The summed E-state index contributed by atoms with van der Waals surface area (Å²) in [5, 5.41) is 21.1. The molecular formula is C31H29F2N3O. The lowest BCUT2D eigenvalue weighted by molar-refractivity contribution is 0.0663. The first kappa shape index (κ1) is 23.6. The molecule has 1 aliphatic heterocycles. The third-order valence-corrected chi connectivity index (χ3v) is 7.66. The Hall–Kier alpha value is -3.74. The number of fused-ring (bicyclic) bond motifs is 3. The molecule has 0 spiro atoms. The van der Waals surface area contributed by atoms with Gasteiger partial charge in [0, 0.05) is 34.9 Å². The van der Waals surface area contributed by atoms with E-state index >= 15 is 8.78 Å². The molecule has 4 N–H and O–H groups in total. The summed E-state index contributed by atoms with van der Waals surface area (Å²) in [7, 11) is 0. The van der Waals surface area contributed by atoms with Crippen LogP contribution in [0, 0.1) is 18.6 Å². The molecule has 0 fully saturated rings. The van der Waals surface area contributed by atoms with Gasteiger partial charge in [-0.05, 0) is 48.7 Å². The number of aromatic nitrogens is 1. The molecule has 2 heterocycles. The van der Waals surface area contributed by atoms with Crippen molar-refractivity contribution in [2.24, 2.45) is 0 Å². The zero-order valence-electron chi connectivity index (χ0n) is 21.0. The fourth-order valence-corrected chi connectivity index (χ4v) is 5.67. The molecule has 4 nitrogen and oxygen atoms in total. The first-order valence-corrected chi connectivity index (χ1v) is 12.5. The van der Waals surface area contributed by atoms with E-state index in [1.807, 2.05) is 75.5 Å². The number of halogens is 2. The Bertz CT molecular complexity index is 1650. The van der Waals surface area contributed by atoms with E-state index < -0.39 is 29.3 Å². The van der Waals surface area contributed by atoms with E-state index in [0.29, 0.717) is 23.3 Å². The second-order valence-corrected chi connectivity index (χ2v) is 10.5. The Balaban J connectivity index is 1.48. The molecule has 6 rings (SSSR count). The monoisotopic (exact) mass is 497 g/mol. The van der Waals surface area contributed by atoms with Gasteiger partial charge in [-0.1, -0.05) is 60.7 Å². The van der Waals surface area contributed by atoms with Crippen LogP contribution in [-0.4, -0.2) is 21.7 Å². The fourth-order valence-electron chi connectivity index (χ4n) is 5.67. The number of rotatable bonds is 4. The molecule has 0 saturated carbocycles. The summed E-state index contributed by atoms with van der Waals surface area (Å²) in [6, 6.07) is 20.2. The molecule has 0 amide bonds. The lowest BCUT2D eigenvalue weighted by atomic mass is 9.80. The smallest absolute Gasteiger partial charge is 0.140 e. The van der Waals surface area contributed by atoms with Crippen LogP contribution in [-0.2, 0) is 6.54 Å². The van der Waals surface area contributed by atoms with E-state index in [1.165, 1.54) is 6.07 Å². The number of benzene rings is 4. The standard InChI is InChI=1S/C31H29F2N3O/c1-17-15-34-28-20(17)12-7-13-22(28)25-23(32)14-24-26(27(25)33)29(30(37)31(2,3)36-24)35-16-19-10-6-9-18-8-4-5-11-21(18)19/h4-15,29-30,34-37H,16H2,1-3H3/t29-,30?/m0/s1. The third kappa shape index (κ3) is 3.79. The first-order chi connectivity index (χ1) is 17.8. The molecule has 37 heavy (non-hydrogen) atoms. The predicted molar refractivity (Wildman–Crippen MR) is 146 cm³/mol. The summed E-state index contributed by atoms with van der Waals surface area (Å²) in [5.74, 6) is -1.32. The van der Waals surface area contributed by atoms with Crippen LogP contribution in [0.5, 0.6) is 0 Å². The maximum Gasteiger partial charge on any atom is 0.140 e. The lowest BCUT2D eigenvalue weighted by Gasteiger charge is -2.44. The molecule has 0 saturated heterocycles. The number of aliphatic hydroxyl groups is 1. The Kier molecular flexibility index (Phi) is 5.55. The molecule has 4 aromatic carbocycles. The zero-order chi connectivity index (χ0) is 25.9. The minimum Gasteiger partial charge on any atom is -0.389 e. The maximum absolute atomic E-state index is 16.4. The normalized spacial score (nSPS) is 18.6. The van der Waals surface area contributed by atoms with Gasteiger partial charge in [-0.2, -0.15) is 0 Å². The molecule has 2 atom stereocenters. The number of hydrogen-bond donors (Lipinski definition) is 4. The average Bonchev–Trinajstić information content (AvgIpc) is 3.26. The number of aryl methyl sites for hydroxylation is 1. The molecule has 0 aliphatic carbocycles. The molecule has 188 valence electrons. The topological polar surface area (TPSA) is 60.1 Å². The molecule has 1 aromatic heterocycles. The largest absolute Gasteiger partial charge is 0.389 e. The highest BCUT2D eigenvalue weighted by molar-refractivity contribution is 5.96. The third-order valence-electron chi connectivity index (χ3n) is 7.66. The molecule has 0 bridgehead atoms. The van der Waals surface area contributed by atoms with Gasteiger partial charge in [0.05, 0.1) is 28.8 Å². The van der Waals surface area contributed by atoms with Crippen LogP contribution < -0.4 is 10.6 Å². The van der Waals surface area contributed by atoms with Crippen LogP contribution in [0.2, 0.25) is 0 Å². The van der Waals surface area contributed by atoms with E-state index in [2.05, 4.69) is 21.7 Å². The van der Waals surface area contributed by atoms with Crippen LogP contribution in [0.1, 0.15) is 36.6 Å². The van der Waals surface area contributed by atoms with Gasteiger partial charge in [0.1, 0.15) is 11.6 Å². The fraction of sp³-hybridized carbons (Fsp3) is 0.226. The SMILES string of the molecule is Cc1c[nH]c2c(-c3c(F)cc4c(c3F)[C@H](NCc3cccc5ccccc35)C(O)C(C)(C)N4)cccc12. The van der Waals surface area contributed by atoms with Crippen molar-refractivity contribution in [3.05, 3.63) is 101 Å². The van der Waals surface area contributed by atoms with Crippen LogP contribution >= 0.6 is 0 Å². The van der Waals surface area contributed by atoms with Gasteiger partial charge in [-0.15, -0.1) is 0 Å². The Morgan fingerprint density at radius 2 is 1.70 bits per heavy atom. The van der Waals surface area contributed by atoms with E-state index in [-0.39, 0.29) is 11.1 Å². The van der Waals surface area contributed by atoms with E-state index in [9.17, 15) is 5.11 Å². The highest BCUT2D eigenvalue weighted by Crippen LogP contribution is 2.44. The molecule has 0 radical (unpaired) electrons. The van der Waals surface area contributed by atoms with Crippen molar-refractivity contribution < 1.29 is 13.9 Å². The Morgan fingerprint density at radius 1 is 0.973 bits per heavy atom. The maximum atomic E-state index is 16.4. The summed E-state index contributed by atoms with van der Waals surface area (Å²) in [4.78, 5) is 3.17. The molecule has 6 heteroatoms. The van der Waals surface area contributed by atoms with Crippen molar-refractivity contribution in [2.45, 2.75) is 45.0 Å². The lowest BCUT2D eigenvalue weighted by Crippen LogP contribution is -2.54. The van der Waals surface area contributed by atoms with Gasteiger partial charge in [0.25, 0.3) is 0 Å². The summed E-state index contributed by atoms with van der Waals surface area (Å²) in [5.41, 5.74) is 2.86. The van der Waals surface area contributed by atoms with Gasteiger partial charge < -0.3 is 20.7 Å². The number of anilines is 1. The molecular weight excluding hydrogens is 468 g/mol. The minimum absolute atomic E-state index is 0.100. The highest BCUT2D eigenvalue weighted by Gasteiger charge is 2.43. The number of aliphatic hydroxyl groups excluding tert-OH is 1. The van der Waals surface area contributed by atoms with Crippen LogP contribution in [0.3, 0.4) is 0 Å². The van der Waals surface area contributed by atoms with Crippen LogP contribution in [0.15, 0.2) is 72.9 Å². The Labute approximate surface area is 214 Å². The van der Waals surface area contributed by atoms with Gasteiger partial charge in [-0.25, -0.2) is 8.78 Å². The predicted octanol–water partition coefficient (Wildman–Crippen LogP) is 6.97. The summed E-state index contributed by atoms with van der Waals surface area (Å²) < 4.78 is 32.0. The first-order valence-electron chi connectivity index (χ1n) is 12.5. The molecule has 5 aromatic rings. The number of nitrogens with one attached hydrogen (secondary N) is 3. The number of para-hydroxylation sites is 1. The zero-order valence-corrected chi connectivity index (χ0v) is 21.0. The van der Waals surface area contributed by atoms with Crippen molar-refractivity contribution in [2.75, 3.05) is 5.32 Å². The highest BCUT2D eigenvalue weighted by atomic mass is 19.1. The van der Waals surface area contributed by atoms with Crippen molar-refractivity contribution in [3.8, 4) is 11.1 Å². The summed E-state index contributed by atoms with van der Waals surface area (Å²) in [6.07, 6.45) is 0.872. The summed E-state index contributed by atoms with van der Waals surface area (Å²) >= 11 is 0. The van der Waals surface area contributed by atoms with Crippen LogP contribution in [0.25, 0.3) is 32.8 Å². The summed E-state index contributed by atoms with van der Waals surface area (Å²) in [6.45, 7) is 6.03. The minimum atomic E-state index is -0.966. The van der Waals surface area contributed by atoms with Gasteiger partial charge in [0.15, 0.2) is 0 Å². The quantitative estimate of drug-likeness (QED) is 0.217. The Morgan fingerprint density at radius 3 is 2.54 bits per heavy atom. The van der Waals surface area contributed by atoms with E-state index in [0.717, 1.165) is 27.3 Å². The van der Waals surface area contributed by atoms with Crippen molar-refractivity contribution in [1.29, 1.82) is 0 Å². The van der Waals surface area contributed by atoms with Crippen LogP contribution in [0.4, 0.5) is 14.5 Å². The van der Waals surface area contributed by atoms with Crippen molar-refractivity contribution in [3.63, 3.8) is 0 Å². The number of H-pyrrole nitrogens is 1. The average molecular weight is 498 g/mol. The van der Waals surface area contributed by atoms with E-state index in [4.69, 9.17) is 0 Å². The second-order valence-electron chi connectivity index (χ2n) is 10.5. The second kappa shape index (κ2) is 8.68. The van der Waals surface area contributed by atoms with Crippen molar-refractivity contribution >= 4 is 27.4 Å². The van der Waals surface area contributed by atoms with Gasteiger partial charge in [-0.3, -0.25) is 0 Å². The van der Waals surface area contributed by atoms with Gasteiger partial charge in [0.2, 0.25) is 0 Å².